The van der Waals surface area contributed by atoms with Gasteiger partial charge in [-0.25, -0.2) is 4.79 Å². The van der Waals surface area contributed by atoms with Gasteiger partial charge >= 0.3 is 5.63 Å². The molecule has 5 nitrogen and oxygen atoms in total. The van der Waals surface area contributed by atoms with E-state index >= 15 is 0 Å². The Bertz CT molecular complexity index is 1590. The minimum Gasteiger partial charge on any atom is -0.422 e. The summed E-state index contributed by atoms with van der Waals surface area (Å²) < 4.78 is 8.28. The number of aromatic nitrogens is 1. The molecule has 0 aliphatic carbocycles. The third kappa shape index (κ3) is 3.05. The molecule has 2 heterocycles. The zero-order chi connectivity index (χ0) is 20.8. The van der Waals surface area contributed by atoms with Crippen LogP contribution in [0.3, 0.4) is 0 Å². The lowest BCUT2D eigenvalue weighted by molar-refractivity contribution is 0.0994. The van der Waals surface area contributed by atoms with E-state index in [4.69, 9.17) is 16.0 Å². The van der Waals surface area contributed by atoms with Gasteiger partial charge in [-0.1, -0.05) is 53.3 Å². The predicted molar refractivity (Wildman–Crippen MR) is 120 cm³/mol. The highest BCUT2D eigenvalue weighted by atomic mass is 35.5. The first-order valence-electron chi connectivity index (χ1n) is 9.38. The van der Waals surface area contributed by atoms with Crippen molar-refractivity contribution in [3.63, 3.8) is 0 Å². The molecule has 0 unspecified atom stereocenters. The Morgan fingerprint density at radius 2 is 1.93 bits per heavy atom. The van der Waals surface area contributed by atoms with Crippen LogP contribution >= 0.6 is 22.9 Å². The summed E-state index contributed by atoms with van der Waals surface area (Å²) >= 11 is 7.45. The highest BCUT2D eigenvalue weighted by molar-refractivity contribution is 7.16. The highest BCUT2D eigenvalue weighted by Crippen LogP contribution is 2.25. The Labute approximate surface area is 179 Å². The van der Waals surface area contributed by atoms with Gasteiger partial charge in [0.1, 0.15) is 11.1 Å². The molecule has 0 N–H and O–H groups in total. The van der Waals surface area contributed by atoms with Gasteiger partial charge in [0.25, 0.3) is 5.91 Å². The maximum Gasteiger partial charge on any atom is 0.349 e. The second-order valence-electron chi connectivity index (χ2n) is 6.80. The quantitative estimate of drug-likeness (QED) is 0.277. The summed E-state index contributed by atoms with van der Waals surface area (Å²) in [4.78, 5) is 30.2. The molecule has 0 radical (unpaired) electrons. The molecule has 7 heteroatoms. The maximum absolute atomic E-state index is 13.0. The summed E-state index contributed by atoms with van der Waals surface area (Å²) in [7, 11) is 0. The van der Waals surface area contributed by atoms with Crippen molar-refractivity contribution in [2.75, 3.05) is 0 Å². The van der Waals surface area contributed by atoms with Gasteiger partial charge in [0.2, 0.25) is 0 Å². The first-order chi connectivity index (χ1) is 14.5. The van der Waals surface area contributed by atoms with E-state index in [0.29, 0.717) is 27.3 Å². The molecule has 0 spiro atoms. The van der Waals surface area contributed by atoms with Crippen molar-refractivity contribution in [2.24, 2.45) is 4.99 Å². The van der Waals surface area contributed by atoms with Crippen LogP contribution in [0.4, 0.5) is 0 Å². The number of hydrogen-bond donors (Lipinski definition) is 0. The third-order valence-electron chi connectivity index (χ3n) is 5.03. The van der Waals surface area contributed by atoms with Crippen molar-refractivity contribution < 1.29 is 9.21 Å². The SMILES string of the molecule is CCn1c(=NC(=O)c2cc3c(ccc4ccccc43)oc2=O)sc2cc(Cl)ccc21. The van der Waals surface area contributed by atoms with Crippen LogP contribution in [0.1, 0.15) is 17.3 Å². The molecule has 0 saturated heterocycles. The number of nitrogens with zero attached hydrogens (tertiary/aromatic N) is 2. The van der Waals surface area contributed by atoms with Gasteiger partial charge in [0.05, 0.1) is 10.2 Å². The molecule has 0 aliphatic heterocycles. The normalized spacial score (nSPS) is 12.3. The van der Waals surface area contributed by atoms with Gasteiger partial charge in [0.15, 0.2) is 4.80 Å². The maximum atomic E-state index is 13.0. The van der Waals surface area contributed by atoms with Crippen LogP contribution in [0.5, 0.6) is 0 Å². The molecule has 0 fully saturated rings. The zero-order valence-corrected chi connectivity index (χ0v) is 17.5. The molecule has 1 amide bonds. The molecule has 5 aromatic rings. The standard InChI is InChI=1S/C23H15ClN2O3S/c1-2-26-18-9-8-14(24)11-20(18)30-23(26)25-21(27)17-12-16-15-6-4-3-5-13(15)7-10-19(16)29-22(17)28/h3-12H,2H2,1H3. The van der Waals surface area contributed by atoms with E-state index in [1.165, 1.54) is 11.3 Å². The summed E-state index contributed by atoms with van der Waals surface area (Å²) in [5.74, 6) is -0.626. The molecule has 148 valence electrons. The molecule has 0 saturated carbocycles. The second kappa shape index (κ2) is 7.23. The monoisotopic (exact) mass is 434 g/mol. The van der Waals surface area contributed by atoms with Crippen LogP contribution in [0, 0.1) is 0 Å². The van der Waals surface area contributed by atoms with E-state index in [1.54, 1.807) is 18.2 Å². The molecular formula is C23H15ClN2O3S. The number of benzene rings is 3. The molecule has 3 aromatic carbocycles. The fraction of sp³-hybridized carbons (Fsp3) is 0.0870. The fourth-order valence-corrected chi connectivity index (χ4v) is 4.97. The Kier molecular flexibility index (Phi) is 4.53. The van der Waals surface area contributed by atoms with E-state index < -0.39 is 11.5 Å². The molecule has 0 aliphatic rings. The van der Waals surface area contributed by atoms with Crippen molar-refractivity contribution in [3.05, 3.63) is 86.5 Å². The van der Waals surface area contributed by atoms with E-state index in [2.05, 4.69) is 4.99 Å². The fourth-order valence-electron chi connectivity index (χ4n) is 3.61. The Hall–Kier alpha value is -3.22. The van der Waals surface area contributed by atoms with E-state index in [-0.39, 0.29) is 5.56 Å². The minimum atomic E-state index is -0.696. The average molecular weight is 435 g/mol. The van der Waals surface area contributed by atoms with E-state index in [0.717, 1.165) is 21.0 Å². The number of carbonyl (C=O) groups excluding carboxylic acids is 1. The van der Waals surface area contributed by atoms with Crippen LogP contribution in [-0.4, -0.2) is 10.5 Å². The number of rotatable bonds is 2. The Morgan fingerprint density at radius 3 is 2.77 bits per heavy atom. The number of thiazole rings is 1. The topological polar surface area (TPSA) is 64.6 Å². The highest BCUT2D eigenvalue weighted by Gasteiger charge is 2.16. The lowest BCUT2D eigenvalue weighted by atomic mass is 10.0. The summed E-state index contributed by atoms with van der Waals surface area (Å²) in [5, 5.41) is 3.23. The summed E-state index contributed by atoms with van der Waals surface area (Å²) in [5.41, 5.74) is 0.598. The van der Waals surface area contributed by atoms with Gasteiger partial charge in [-0.2, -0.15) is 4.99 Å². The Morgan fingerprint density at radius 1 is 1.10 bits per heavy atom. The molecule has 2 aromatic heterocycles. The lowest BCUT2D eigenvalue weighted by Gasteiger charge is -2.04. The van der Waals surface area contributed by atoms with Gasteiger partial charge in [-0.15, -0.1) is 0 Å². The van der Waals surface area contributed by atoms with Gasteiger partial charge in [0, 0.05) is 17.0 Å². The number of halogens is 1. The van der Waals surface area contributed by atoms with Gasteiger partial charge in [-0.05, 0) is 48.0 Å². The lowest BCUT2D eigenvalue weighted by Crippen LogP contribution is -2.19. The van der Waals surface area contributed by atoms with Crippen LogP contribution in [0.15, 0.2) is 74.9 Å². The van der Waals surface area contributed by atoms with Crippen molar-refractivity contribution >= 4 is 60.8 Å². The molecule has 0 atom stereocenters. The number of aryl methyl sites for hydroxylation is 1. The van der Waals surface area contributed by atoms with Crippen molar-refractivity contribution in [1.82, 2.24) is 4.57 Å². The first-order valence-corrected chi connectivity index (χ1v) is 10.6. The van der Waals surface area contributed by atoms with E-state index in [1.807, 2.05) is 54.0 Å². The molecule has 30 heavy (non-hydrogen) atoms. The third-order valence-corrected chi connectivity index (χ3v) is 6.31. The molecular weight excluding hydrogens is 420 g/mol. The van der Waals surface area contributed by atoms with Crippen molar-refractivity contribution in [3.8, 4) is 0 Å². The Balaban J connectivity index is 1.72. The van der Waals surface area contributed by atoms with Gasteiger partial charge < -0.3 is 8.98 Å². The minimum absolute atomic E-state index is 0.0861. The summed E-state index contributed by atoms with van der Waals surface area (Å²) in [6.45, 7) is 2.60. The molecule has 0 bridgehead atoms. The van der Waals surface area contributed by atoms with Gasteiger partial charge in [-0.3, -0.25) is 4.79 Å². The first kappa shape index (κ1) is 18.8. The number of carbonyl (C=O) groups is 1. The summed E-state index contributed by atoms with van der Waals surface area (Å²) in [6, 6.07) is 18.5. The van der Waals surface area contributed by atoms with Crippen molar-refractivity contribution in [1.29, 1.82) is 0 Å². The number of fused-ring (bicyclic) bond motifs is 4. The van der Waals surface area contributed by atoms with Crippen molar-refractivity contribution in [2.45, 2.75) is 13.5 Å². The van der Waals surface area contributed by atoms with Crippen LogP contribution in [0.25, 0.3) is 32.0 Å². The second-order valence-corrected chi connectivity index (χ2v) is 8.25. The van der Waals surface area contributed by atoms with E-state index in [9.17, 15) is 9.59 Å². The molecule has 5 rings (SSSR count). The number of amides is 1. The predicted octanol–water partition coefficient (Wildman–Crippen LogP) is 5.38. The largest absolute Gasteiger partial charge is 0.422 e. The smallest absolute Gasteiger partial charge is 0.349 e. The van der Waals surface area contributed by atoms with Crippen LogP contribution < -0.4 is 10.4 Å². The number of hydrogen-bond acceptors (Lipinski definition) is 4. The summed E-state index contributed by atoms with van der Waals surface area (Å²) in [6.07, 6.45) is 0. The van der Waals surface area contributed by atoms with Crippen LogP contribution in [-0.2, 0) is 6.54 Å². The average Bonchev–Trinajstić information content (AvgIpc) is 3.08. The zero-order valence-electron chi connectivity index (χ0n) is 15.9. The van der Waals surface area contributed by atoms with Crippen LogP contribution in [0.2, 0.25) is 5.02 Å².